The normalized spacial score (nSPS) is 12.3. The Morgan fingerprint density at radius 2 is 2.20 bits per heavy atom. The molecule has 3 heteroatoms. The lowest BCUT2D eigenvalue weighted by atomic mass is 10.00. The van der Waals surface area contributed by atoms with Crippen LogP contribution in [0.3, 0.4) is 0 Å². The molecule has 0 saturated carbocycles. The van der Waals surface area contributed by atoms with Crippen molar-refractivity contribution in [3.8, 4) is 5.75 Å². The SMILES string of the molecule is CCc1ccc(OC)cc1C(=O)C(C)Br. The molecule has 1 unspecified atom stereocenters. The van der Waals surface area contributed by atoms with Gasteiger partial charge in [-0.05, 0) is 31.0 Å². The van der Waals surface area contributed by atoms with Crippen molar-refractivity contribution in [3.05, 3.63) is 29.3 Å². The van der Waals surface area contributed by atoms with Crippen molar-refractivity contribution in [2.75, 3.05) is 7.11 Å². The van der Waals surface area contributed by atoms with Crippen molar-refractivity contribution in [1.82, 2.24) is 0 Å². The smallest absolute Gasteiger partial charge is 0.176 e. The number of halogens is 1. The summed E-state index contributed by atoms with van der Waals surface area (Å²) < 4.78 is 5.12. The molecular formula is C12H15BrO2. The molecule has 1 rings (SSSR count). The number of hydrogen-bond acceptors (Lipinski definition) is 2. The van der Waals surface area contributed by atoms with Gasteiger partial charge in [-0.15, -0.1) is 0 Å². The number of rotatable bonds is 4. The lowest BCUT2D eigenvalue weighted by molar-refractivity contribution is 0.0994. The molecule has 1 aromatic carbocycles. The van der Waals surface area contributed by atoms with E-state index in [1.807, 2.05) is 26.0 Å². The number of ketones is 1. The maximum Gasteiger partial charge on any atom is 0.176 e. The van der Waals surface area contributed by atoms with E-state index in [4.69, 9.17) is 4.74 Å². The second kappa shape index (κ2) is 5.31. The fourth-order valence-electron chi connectivity index (χ4n) is 1.43. The summed E-state index contributed by atoms with van der Waals surface area (Å²) in [7, 11) is 1.60. The van der Waals surface area contributed by atoms with Gasteiger partial charge in [-0.2, -0.15) is 0 Å². The Hall–Kier alpha value is -0.830. The Morgan fingerprint density at radius 3 is 2.67 bits per heavy atom. The summed E-state index contributed by atoms with van der Waals surface area (Å²) in [5.74, 6) is 0.828. The first-order valence-corrected chi connectivity index (χ1v) is 5.87. The highest BCUT2D eigenvalue weighted by atomic mass is 79.9. The maximum absolute atomic E-state index is 11.9. The van der Waals surface area contributed by atoms with Crippen LogP contribution in [-0.2, 0) is 6.42 Å². The molecule has 1 aromatic rings. The summed E-state index contributed by atoms with van der Waals surface area (Å²) in [4.78, 5) is 11.7. The average Bonchev–Trinajstić information content (AvgIpc) is 2.27. The zero-order valence-electron chi connectivity index (χ0n) is 9.21. The predicted octanol–water partition coefficient (Wildman–Crippen LogP) is 3.22. The Bertz CT molecular complexity index is 359. The highest BCUT2D eigenvalue weighted by molar-refractivity contribution is 9.10. The molecule has 0 amide bonds. The minimum absolute atomic E-state index is 0.103. The van der Waals surface area contributed by atoms with Crippen LogP contribution in [0.1, 0.15) is 29.8 Å². The van der Waals surface area contributed by atoms with E-state index in [9.17, 15) is 4.79 Å². The highest BCUT2D eigenvalue weighted by Gasteiger charge is 2.15. The molecule has 0 aromatic heterocycles. The summed E-state index contributed by atoms with van der Waals surface area (Å²) in [6, 6.07) is 5.63. The van der Waals surface area contributed by atoms with Gasteiger partial charge < -0.3 is 4.74 Å². The standard InChI is InChI=1S/C12H15BrO2/c1-4-9-5-6-10(15-3)7-11(9)12(14)8(2)13/h5-8H,4H2,1-3H3. The number of methoxy groups -OCH3 is 1. The Labute approximate surface area is 98.8 Å². The third-order valence-corrected chi connectivity index (χ3v) is 2.74. The molecule has 0 aliphatic rings. The monoisotopic (exact) mass is 270 g/mol. The molecule has 15 heavy (non-hydrogen) atoms. The number of carbonyl (C=O) groups is 1. The number of Topliss-reactive ketones (excluding diaryl/α,β-unsaturated/α-hetero) is 1. The van der Waals surface area contributed by atoms with Crippen LogP contribution in [0.25, 0.3) is 0 Å². The number of aryl methyl sites for hydroxylation is 1. The summed E-state index contributed by atoms with van der Waals surface area (Å²) >= 11 is 3.30. The van der Waals surface area contributed by atoms with Crippen LogP contribution in [0.4, 0.5) is 0 Å². The van der Waals surface area contributed by atoms with Crippen LogP contribution < -0.4 is 4.74 Å². The zero-order valence-corrected chi connectivity index (χ0v) is 10.8. The third-order valence-electron chi connectivity index (χ3n) is 2.32. The van der Waals surface area contributed by atoms with Crippen LogP contribution in [0, 0.1) is 0 Å². The summed E-state index contributed by atoms with van der Waals surface area (Å²) in [5.41, 5.74) is 1.81. The fourth-order valence-corrected chi connectivity index (χ4v) is 1.68. The minimum atomic E-state index is -0.157. The molecule has 82 valence electrons. The van der Waals surface area contributed by atoms with E-state index in [2.05, 4.69) is 15.9 Å². The van der Waals surface area contributed by atoms with Crippen molar-refractivity contribution in [1.29, 1.82) is 0 Å². The van der Waals surface area contributed by atoms with Gasteiger partial charge in [0.2, 0.25) is 0 Å². The van der Waals surface area contributed by atoms with Crippen molar-refractivity contribution in [2.24, 2.45) is 0 Å². The van der Waals surface area contributed by atoms with Gasteiger partial charge in [-0.25, -0.2) is 0 Å². The number of hydrogen-bond donors (Lipinski definition) is 0. The van der Waals surface area contributed by atoms with Crippen LogP contribution in [0.5, 0.6) is 5.75 Å². The van der Waals surface area contributed by atoms with E-state index in [1.54, 1.807) is 13.2 Å². The van der Waals surface area contributed by atoms with Crippen molar-refractivity contribution >= 4 is 21.7 Å². The average molecular weight is 271 g/mol. The van der Waals surface area contributed by atoms with Gasteiger partial charge in [-0.3, -0.25) is 4.79 Å². The number of ether oxygens (including phenoxy) is 1. The molecule has 2 nitrogen and oxygen atoms in total. The van der Waals surface area contributed by atoms with Gasteiger partial charge in [0.25, 0.3) is 0 Å². The van der Waals surface area contributed by atoms with E-state index in [1.165, 1.54) is 0 Å². The lowest BCUT2D eigenvalue weighted by Gasteiger charge is -2.10. The van der Waals surface area contributed by atoms with E-state index in [0.717, 1.165) is 23.3 Å². The second-order valence-electron chi connectivity index (χ2n) is 3.36. The van der Waals surface area contributed by atoms with Gasteiger partial charge in [-0.1, -0.05) is 28.9 Å². The first kappa shape index (κ1) is 12.2. The van der Waals surface area contributed by atoms with Crippen LogP contribution in [-0.4, -0.2) is 17.7 Å². The lowest BCUT2D eigenvalue weighted by Crippen LogP contribution is -2.12. The summed E-state index contributed by atoms with van der Waals surface area (Å²) in [5, 5.41) is 0. The van der Waals surface area contributed by atoms with Gasteiger partial charge in [0, 0.05) is 5.56 Å². The molecule has 0 bridgehead atoms. The number of carbonyl (C=O) groups excluding carboxylic acids is 1. The second-order valence-corrected chi connectivity index (χ2v) is 4.73. The molecule has 0 N–H and O–H groups in total. The van der Waals surface area contributed by atoms with E-state index in [0.29, 0.717) is 0 Å². The Kier molecular flexibility index (Phi) is 4.33. The molecule has 0 heterocycles. The predicted molar refractivity (Wildman–Crippen MR) is 65.1 cm³/mol. The minimum Gasteiger partial charge on any atom is -0.497 e. The van der Waals surface area contributed by atoms with Gasteiger partial charge in [0.05, 0.1) is 11.9 Å². The van der Waals surface area contributed by atoms with Crippen molar-refractivity contribution < 1.29 is 9.53 Å². The van der Waals surface area contributed by atoms with Crippen LogP contribution in [0.15, 0.2) is 18.2 Å². The fraction of sp³-hybridized carbons (Fsp3) is 0.417. The highest BCUT2D eigenvalue weighted by Crippen LogP contribution is 2.21. The topological polar surface area (TPSA) is 26.3 Å². The first-order chi connectivity index (χ1) is 7.10. The first-order valence-electron chi connectivity index (χ1n) is 4.95. The summed E-state index contributed by atoms with van der Waals surface area (Å²) in [6.07, 6.45) is 0.852. The number of alkyl halides is 1. The maximum atomic E-state index is 11.9. The molecule has 0 aliphatic heterocycles. The van der Waals surface area contributed by atoms with E-state index < -0.39 is 0 Å². The van der Waals surface area contributed by atoms with Crippen molar-refractivity contribution in [3.63, 3.8) is 0 Å². The Balaban J connectivity index is 3.17. The van der Waals surface area contributed by atoms with Crippen LogP contribution >= 0.6 is 15.9 Å². The molecule has 0 aliphatic carbocycles. The molecule has 0 saturated heterocycles. The van der Waals surface area contributed by atoms with Gasteiger partial charge in [0.1, 0.15) is 5.75 Å². The van der Waals surface area contributed by atoms with Crippen molar-refractivity contribution in [2.45, 2.75) is 25.1 Å². The largest absolute Gasteiger partial charge is 0.497 e. The number of benzene rings is 1. The van der Waals surface area contributed by atoms with Gasteiger partial charge in [0.15, 0.2) is 5.78 Å². The third kappa shape index (κ3) is 2.81. The molecule has 0 fully saturated rings. The summed E-state index contributed by atoms with van der Waals surface area (Å²) in [6.45, 7) is 3.87. The van der Waals surface area contributed by atoms with E-state index in [-0.39, 0.29) is 10.6 Å². The Morgan fingerprint density at radius 1 is 1.53 bits per heavy atom. The van der Waals surface area contributed by atoms with E-state index >= 15 is 0 Å². The quantitative estimate of drug-likeness (QED) is 0.620. The molecule has 1 atom stereocenters. The van der Waals surface area contributed by atoms with Gasteiger partial charge >= 0.3 is 0 Å². The molecule has 0 radical (unpaired) electrons. The molecule has 0 spiro atoms. The van der Waals surface area contributed by atoms with Crippen LogP contribution in [0.2, 0.25) is 0 Å². The zero-order chi connectivity index (χ0) is 11.4. The molecular weight excluding hydrogens is 256 g/mol.